The van der Waals surface area contributed by atoms with Crippen LogP contribution in [-0.4, -0.2) is 43.3 Å². The van der Waals surface area contributed by atoms with Gasteiger partial charge in [0.05, 0.1) is 13.2 Å². The average molecular weight is 365 g/mol. The normalized spacial score (nSPS) is 11.5. The van der Waals surface area contributed by atoms with E-state index in [1.807, 2.05) is 0 Å². The van der Waals surface area contributed by atoms with Crippen LogP contribution in [0.15, 0.2) is 42.7 Å². The van der Waals surface area contributed by atoms with Crippen LogP contribution < -0.4 is 4.74 Å². The molecule has 2 aromatic heterocycles. The summed E-state index contributed by atoms with van der Waals surface area (Å²) in [4.78, 5) is 5.33. The third-order valence-corrected chi connectivity index (χ3v) is 3.46. The molecule has 7 nitrogen and oxygen atoms in total. The summed E-state index contributed by atoms with van der Waals surface area (Å²) in [6, 6.07) is 7.42. The first-order valence-electron chi connectivity index (χ1n) is 7.61. The predicted molar refractivity (Wildman–Crippen MR) is 84.1 cm³/mol. The topological polar surface area (TPSA) is 86.0 Å². The minimum Gasteiger partial charge on any atom is -0.406 e. The number of alkyl halides is 3. The van der Waals surface area contributed by atoms with Crippen LogP contribution in [0.4, 0.5) is 13.2 Å². The van der Waals surface area contributed by atoms with Gasteiger partial charge in [-0.1, -0.05) is 12.1 Å². The number of halogens is 3. The number of hydrogen-bond acceptors (Lipinski definition) is 6. The Hall–Kier alpha value is -3.01. The molecule has 3 rings (SSSR count). The van der Waals surface area contributed by atoms with Gasteiger partial charge in [0.25, 0.3) is 0 Å². The second-order valence-electron chi connectivity index (χ2n) is 5.33. The summed E-state index contributed by atoms with van der Waals surface area (Å²) in [5, 5.41) is 20.9. The Kier molecular flexibility index (Phi) is 5.12. The number of aliphatic hydroxyl groups is 1. The van der Waals surface area contributed by atoms with E-state index in [4.69, 9.17) is 5.11 Å². The summed E-state index contributed by atoms with van der Waals surface area (Å²) < 4.78 is 40.5. The van der Waals surface area contributed by atoms with Crippen LogP contribution in [0.3, 0.4) is 0 Å². The van der Waals surface area contributed by atoms with Crippen LogP contribution in [-0.2, 0) is 13.0 Å². The van der Waals surface area contributed by atoms with E-state index >= 15 is 0 Å². The van der Waals surface area contributed by atoms with E-state index in [2.05, 4.69) is 25.1 Å². The maximum Gasteiger partial charge on any atom is 0.573 e. The fraction of sp³-hybridized carbons (Fsp3) is 0.250. The molecule has 0 unspecified atom stereocenters. The summed E-state index contributed by atoms with van der Waals surface area (Å²) in [6.07, 6.45) is -1.07. The maximum atomic E-state index is 12.2. The highest BCUT2D eigenvalue weighted by Crippen LogP contribution is 2.25. The summed E-state index contributed by atoms with van der Waals surface area (Å²) in [5.74, 6) is 0.0865. The van der Waals surface area contributed by atoms with Gasteiger partial charge in [0, 0.05) is 18.0 Å². The van der Waals surface area contributed by atoms with Crippen molar-refractivity contribution in [2.24, 2.45) is 0 Å². The van der Waals surface area contributed by atoms with Gasteiger partial charge < -0.3 is 9.84 Å². The van der Waals surface area contributed by atoms with Crippen molar-refractivity contribution in [3.63, 3.8) is 0 Å². The van der Waals surface area contributed by atoms with E-state index in [0.29, 0.717) is 17.8 Å². The molecular formula is C16H14F3N5O2. The van der Waals surface area contributed by atoms with Gasteiger partial charge in [-0.3, -0.25) is 4.98 Å². The molecule has 136 valence electrons. The van der Waals surface area contributed by atoms with Gasteiger partial charge in [0.2, 0.25) is 5.82 Å². The van der Waals surface area contributed by atoms with E-state index in [-0.39, 0.29) is 18.9 Å². The van der Waals surface area contributed by atoms with E-state index in [9.17, 15) is 13.2 Å². The Morgan fingerprint density at radius 1 is 1.12 bits per heavy atom. The van der Waals surface area contributed by atoms with Gasteiger partial charge in [-0.25, -0.2) is 0 Å². The highest BCUT2D eigenvalue weighted by atomic mass is 19.4. The lowest BCUT2D eigenvalue weighted by Crippen LogP contribution is -2.17. The van der Waals surface area contributed by atoms with Crippen molar-refractivity contribution >= 4 is 0 Å². The van der Waals surface area contributed by atoms with Crippen molar-refractivity contribution in [3.05, 3.63) is 53.9 Å². The van der Waals surface area contributed by atoms with Gasteiger partial charge in [-0.2, -0.15) is 4.80 Å². The molecule has 26 heavy (non-hydrogen) atoms. The third kappa shape index (κ3) is 4.54. The van der Waals surface area contributed by atoms with Crippen molar-refractivity contribution in [3.8, 4) is 17.1 Å². The van der Waals surface area contributed by atoms with Crippen LogP contribution in [0.25, 0.3) is 11.4 Å². The second kappa shape index (κ2) is 7.48. The van der Waals surface area contributed by atoms with Crippen molar-refractivity contribution < 1.29 is 23.0 Å². The number of aromatic nitrogens is 5. The molecule has 3 aromatic rings. The smallest absolute Gasteiger partial charge is 0.406 e. The average Bonchev–Trinajstić information content (AvgIpc) is 3.05. The van der Waals surface area contributed by atoms with Crippen molar-refractivity contribution in [1.82, 2.24) is 25.2 Å². The molecule has 0 saturated carbocycles. The summed E-state index contributed by atoms with van der Waals surface area (Å²) in [5.41, 5.74) is 2.29. The van der Waals surface area contributed by atoms with E-state index in [1.54, 1.807) is 30.6 Å². The first-order valence-corrected chi connectivity index (χ1v) is 7.61. The van der Waals surface area contributed by atoms with Gasteiger partial charge in [-0.15, -0.1) is 23.4 Å². The molecule has 1 N–H and O–H groups in total. The Bertz CT molecular complexity index is 865. The molecular weight excluding hydrogens is 351 g/mol. The Labute approximate surface area is 146 Å². The summed E-state index contributed by atoms with van der Waals surface area (Å²) in [6.45, 7) is 0.116. The molecule has 2 heterocycles. The minimum absolute atomic E-state index is 0.109. The molecule has 0 aliphatic carbocycles. The number of benzene rings is 1. The Balaban J connectivity index is 1.80. The number of ether oxygens (including phenoxy) is 1. The molecule has 0 amide bonds. The number of rotatable bonds is 6. The molecule has 0 spiro atoms. The standard InChI is InChI=1S/C16H14F3N5O2/c17-16(18,19)26-13-3-1-11(2-4-13)9-12-5-6-20-10-14(12)15-21-23-24(22-15)7-8-25/h1-6,10,25H,7-9H2. The summed E-state index contributed by atoms with van der Waals surface area (Å²) in [7, 11) is 0. The molecule has 0 aliphatic heterocycles. The third-order valence-electron chi connectivity index (χ3n) is 3.46. The predicted octanol–water partition coefficient (Wildman–Crippen LogP) is 2.22. The van der Waals surface area contributed by atoms with Gasteiger partial charge in [0.1, 0.15) is 5.75 Å². The molecule has 10 heteroatoms. The monoisotopic (exact) mass is 365 g/mol. The Morgan fingerprint density at radius 2 is 1.88 bits per heavy atom. The van der Waals surface area contributed by atoms with Crippen molar-refractivity contribution in [2.45, 2.75) is 19.3 Å². The van der Waals surface area contributed by atoms with Crippen molar-refractivity contribution in [2.75, 3.05) is 6.61 Å². The van der Waals surface area contributed by atoms with Crippen molar-refractivity contribution in [1.29, 1.82) is 0 Å². The molecule has 0 bridgehead atoms. The molecule has 1 aromatic carbocycles. The fourth-order valence-corrected chi connectivity index (χ4v) is 2.34. The first kappa shape index (κ1) is 17.8. The van der Waals surface area contributed by atoms with Crippen LogP contribution in [0.5, 0.6) is 5.75 Å². The highest BCUT2D eigenvalue weighted by Gasteiger charge is 2.30. The quantitative estimate of drug-likeness (QED) is 0.721. The fourth-order valence-electron chi connectivity index (χ4n) is 2.34. The van der Waals surface area contributed by atoms with Gasteiger partial charge >= 0.3 is 6.36 Å². The largest absolute Gasteiger partial charge is 0.573 e. The van der Waals surface area contributed by atoms with E-state index < -0.39 is 6.36 Å². The molecule has 0 radical (unpaired) electrons. The van der Waals surface area contributed by atoms with Gasteiger partial charge in [-0.05, 0) is 41.0 Å². The number of tetrazole rings is 1. The summed E-state index contributed by atoms with van der Waals surface area (Å²) >= 11 is 0. The van der Waals surface area contributed by atoms with Crippen LogP contribution >= 0.6 is 0 Å². The maximum absolute atomic E-state index is 12.2. The molecule has 0 atom stereocenters. The van der Waals surface area contributed by atoms with Crippen LogP contribution in [0, 0.1) is 0 Å². The number of pyridine rings is 1. The highest BCUT2D eigenvalue weighted by molar-refractivity contribution is 5.58. The van der Waals surface area contributed by atoms with Gasteiger partial charge in [0.15, 0.2) is 0 Å². The lowest BCUT2D eigenvalue weighted by atomic mass is 10.0. The Morgan fingerprint density at radius 3 is 2.58 bits per heavy atom. The zero-order valence-electron chi connectivity index (χ0n) is 13.4. The lowest BCUT2D eigenvalue weighted by Gasteiger charge is -2.10. The van der Waals surface area contributed by atoms with E-state index in [0.717, 1.165) is 11.1 Å². The number of hydrogen-bond donors (Lipinski definition) is 1. The number of aliphatic hydroxyl groups excluding tert-OH is 1. The van der Waals surface area contributed by atoms with Crippen LogP contribution in [0.1, 0.15) is 11.1 Å². The number of nitrogens with zero attached hydrogens (tertiary/aromatic N) is 5. The molecule has 0 fully saturated rings. The first-order chi connectivity index (χ1) is 12.4. The van der Waals surface area contributed by atoms with Crippen LogP contribution in [0.2, 0.25) is 0 Å². The minimum atomic E-state index is -4.72. The molecule has 0 saturated heterocycles. The zero-order valence-corrected chi connectivity index (χ0v) is 13.4. The zero-order chi connectivity index (χ0) is 18.6. The van der Waals surface area contributed by atoms with E-state index in [1.165, 1.54) is 16.9 Å². The molecule has 0 aliphatic rings. The lowest BCUT2D eigenvalue weighted by molar-refractivity contribution is -0.274. The second-order valence-corrected chi connectivity index (χ2v) is 5.33. The SMILES string of the molecule is OCCn1nnc(-c2cnccc2Cc2ccc(OC(F)(F)F)cc2)n1.